The molecule has 8 nitrogen and oxygen atoms in total. The first-order chi connectivity index (χ1) is 18.3. The lowest BCUT2D eigenvalue weighted by atomic mass is 9.94. The van der Waals surface area contributed by atoms with Crippen molar-refractivity contribution in [3.63, 3.8) is 0 Å². The molecule has 0 bridgehead atoms. The third-order valence-corrected chi connectivity index (χ3v) is 7.56. The van der Waals surface area contributed by atoms with Gasteiger partial charge in [0.2, 0.25) is 5.91 Å². The second kappa shape index (κ2) is 11.1. The third kappa shape index (κ3) is 5.50. The highest BCUT2D eigenvalue weighted by Gasteiger charge is 2.39. The maximum atomic E-state index is 13.5. The van der Waals surface area contributed by atoms with E-state index in [1.807, 2.05) is 4.90 Å². The monoisotopic (exact) mass is 527 g/mol. The van der Waals surface area contributed by atoms with Gasteiger partial charge in [-0.1, -0.05) is 0 Å². The summed E-state index contributed by atoms with van der Waals surface area (Å²) in [6.07, 6.45) is 4.32. The van der Waals surface area contributed by atoms with Crippen molar-refractivity contribution in [2.45, 2.75) is 56.8 Å². The van der Waals surface area contributed by atoms with Crippen molar-refractivity contribution in [2.75, 3.05) is 32.1 Å². The molecule has 3 aliphatic heterocycles. The quantitative estimate of drug-likeness (QED) is 0.650. The number of hydrogen-bond acceptors (Lipinski definition) is 5. The summed E-state index contributed by atoms with van der Waals surface area (Å²) in [7, 11) is 1.71. The van der Waals surface area contributed by atoms with Crippen molar-refractivity contribution >= 4 is 23.4 Å². The molecule has 0 aliphatic carbocycles. The smallest absolute Gasteiger partial charge is 0.257 e. The summed E-state index contributed by atoms with van der Waals surface area (Å²) in [5.74, 6) is -2.62. The lowest BCUT2D eigenvalue weighted by Crippen LogP contribution is -2.54. The zero-order valence-corrected chi connectivity index (χ0v) is 21.3. The standard InChI is InChI=1S/C28H31F2N3O5/c1-32-23-9-7-19(15-26(34)33-11-3-2-4-12-33)38-25(23)16-37-24-10-6-18(14-20(24)28(32)36)31-27(35)17-5-8-21(29)22(30)13-17/h5-6,8,10,13-14,19,23,25H,2-4,7,9,11-12,15-16H2,1H3,(H,31,35)/t19-,23+,25+/m1/s1. The minimum Gasteiger partial charge on any atom is -0.490 e. The first kappa shape index (κ1) is 26.1. The Morgan fingerprint density at radius 2 is 1.82 bits per heavy atom. The number of rotatable bonds is 4. The summed E-state index contributed by atoms with van der Waals surface area (Å²) in [6.45, 7) is 1.82. The number of benzene rings is 2. The van der Waals surface area contributed by atoms with Crippen LogP contribution in [0.1, 0.15) is 59.2 Å². The van der Waals surface area contributed by atoms with Gasteiger partial charge in [-0.15, -0.1) is 0 Å². The first-order valence-electron chi connectivity index (χ1n) is 13.0. The molecule has 2 fully saturated rings. The Morgan fingerprint density at radius 3 is 2.58 bits per heavy atom. The Hall–Kier alpha value is -3.53. The van der Waals surface area contributed by atoms with E-state index >= 15 is 0 Å². The highest BCUT2D eigenvalue weighted by Crippen LogP contribution is 2.33. The van der Waals surface area contributed by atoms with E-state index in [-0.39, 0.29) is 47.8 Å². The van der Waals surface area contributed by atoms with Crippen LogP contribution in [0.15, 0.2) is 36.4 Å². The molecule has 3 heterocycles. The molecule has 0 radical (unpaired) electrons. The van der Waals surface area contributed by atoms with E-state index < -0.39 is 17.5 Å². The number of likely N-dealkylation sites (N-methyl/N-ethyl adjacent to an activating group) is 1. The van der Waals surface area contributed by atoms with Crippen molar-refractivity contribution < 1.29 is 32.6 Å². The molecular formula is C28H31F2N3O5. The number of nitrogens with zero attached hydrogens (tertiary/aromatic N) is 2. The molecule has 0 saturated carbocycles. The summed E-state index contributed by atoms with van der Waals surface area (Å²) in [4.78, 5) is 42.3. The summed E-state index contributed by atoms with van der Waals surface area (Å²) in [5.41, 5.74) is 0.541. The number of hydrogen-bond donors (Lipinski definition) is 1. The van der Waals surface area contributed by atoms with E-state index in [1.54, 1.807) is 24.1 Å². The highest BCUT2D eigenvalue weighted by atomic mass is 19.2. The van der Waals surface area contributed by atoms with Gasteiger partial charge in [0.1, 0.15) is 18.5 Å². The van der Waals surface area contributed by atoms with Crippen molar-refractivity contribution in [1.29, 1.82) is 0 Å². The Bertz CT molecular complexity index is 1230. The van der Waals surface area contributed by atoms with Crippen LogP contribution in [-0.4, -0.2) is 72.5 Å². The second-order valence-corrected chi connectivity index (χ2v) is 10.1. The number of likely N-dealkylation sites (tertiary alicyclic amines) is 1. The number of carbonyl (C=O) groups is 3. The minimum absolute atomic E-state index is 0.0501. The number of anilines is 1. The predicted molar refractivity (Wildman–Crippen MR) is 135 cm³/mol. The topological polar surface area (TPSA) is 88.2 Å². The van der Waals surface area contributed by atoms with Gasteiger partial charge in [0.15, 0.2) is 11.6 Å². The number of piperidine rings is 1. The molecule has 3 atom stereocenters. The molecule has 0 aromatic heterocycles. The molecule has 202 valence electrons. The number of amides is 3. The molecule has 2 aromatic carbocycles. The van der Waals surface area contributed by atoms with Crippen LogP contribution in [0.2, 0.25) is 0 Å². The molecule has 3 aliphatic rings. The number of halogens is 2. The minimum atomic E-state index is -1.12. The van der Waals surface area contributed by atoms with E-state index in [0.29, 0.717) is 30.7 Å². The van der Waals surface area contributed by atoms with E-state index in [9.17, 15) is 23.2 Å². The van der Waals surface area contributed by atoms with Crippen molar-refractivity contribution in [3.05, 3.63) is 59.2 Å². The van der Waals surface area contributed by atoms with E-state index in [2.05, 4.69) is 5.32 Å². The lowest BCUT2D eigenvalue weighted by Gasteiger charge is -2.42. The Morgan fingerprint density at radius 1 is 1.03 bits per heavy atom. The third-order valence-electron chi connectivity index (χ3n) is 7.56. The normalized spacial score (nSPS) is 23.4. The van der Waals surface area contributed by atoms with Crippen LogP contribution in [-0.2, 0) is 9.53 Å². The van der Waals surface area contributed by atoms with Gasteiger partial charge in [-0.2, -0.15) is 0 Å². The van der Waals surface area contributed by atoms with Gasteiger partial charge in [-0.3, -0.25) is 14.4 Å². The van der Waals surface area contributed by atoms with E-state index in [1.165, 1.54) is 12.1 Å². The van der Waals surface area contributed by atoms with Crippen LogP contribution in [0, 0.1) is 11.6 Å². The summed E-state index contributed by atoms with van der Waals surface area (Å²) in [5, 5.41) is 2.62. The Balaban J connectivity index is 1.27. The maximum Gasteiger partial charge on any atom is 0.257 e. The van der Waals surface area contributed by atoms with Crippen LogP contribution >= 0.6 is 0 Å². The van der Waals surface area contributed by atoms with Crippen molar-refractivity contribution in [3.8, 4) is 5.75 Å². The van der Waals surface area contributed by atoms with Crippen LogP contribution < -0.4 is 10.1 Å². The van der Waals surface area contributed by atoms with Gasteiger partial charge in [-0.05, 0) is 68.5 Å². The molecule has 2 aromatic rings. The summed E-state index contributed by atoms with van der Waals surface area (Å²) < 4.78 is 39.0. The Kier molecular flexibility index (Phi) is 7.60. The number of ether oxygens (including phenoxy) is 2. The van der Waals surface area contributed by atoms with E-state index in [0.717, 1.165) is 44.5 Å². The molecule has 2 saturated heterocycles. The maximum absolute atomic E-state index is 13.5. The molecular weight excluding hydrogens is 496 g/mol. The fourth-order valence-electron chi connectivity index (χ4n) is 5.41. The summed E-state index contributed by atoms with van der Waals surface area (Å²) >= 11 is 0. The van der Waals surface area contributed by atoms with E-state index in [4.69, 9.17) is 9.47 Å². The predicted octanol–water partition coefficient (Wildman–Crippen LogP) is 4.00. The molecule has 1 N–H and O–H groups in total. The SMILES string of the molecule is CN1C(=O)c2cc(NC(=O)c3ccc(F)c(F)c3)ccc2OC[C@@H]2O[C@@H](CC(=O)N3CCCCC3)CC[C@@H]21. The fourth-order valence-corrected chi connectivity index (χ4v) is 5.41. The van der Waals surface area contributed by atoms with Gasteiger partial charge < -0.3 is 24.6 Å². The largest absolute Gasteiger partial charge is 0.490 e. The number of nitrogens with one attached hydrogen (secondary N) is 1. The van der Waals surface area contributed by atoms with Gasteiger partial charge in [-0.25, -0.2) is 8.78 Å². The molecule has 38 heavy (non-hydrogen) atoms. The van der Waals surface area contributed by atoms with Crippen molar-refractivity contribution in [1.82, 2.24) is 9.80 Å². The zero-order chi connectivity index (χ0) is 26.8. The van der Waals surface area contributed by atoms with Gasteiger partial charge in [0, 0.05) is 31.4 Å². The zero-order valence-electron chi connectivity index (χ0n) is 21.3. The van der Waals surface area contributed by atoms with Crippen molar-refractivity contribution in [2.24, 2.45) is 0 Å². The van der Waals surface area contributed by atoms with Gasteiger partial charge in [0.05, 0.1) is 24.1 Å². The Labute approximate surface area is 219 Å². The van der Waals surface area contributed by atoms with Crippen LogP contribution in [0.5, 0.6) is 5.75 Å². The molecule has 0 spiro atoms. The fraction of sp³-hybridized carbons (Fsp3) is 0.464. The average molecular weight is 528 g/mol. The molecule has 5 rings (SSSR count). The lowest BCUT2D eigenvalue weighted by molar-refractivity contribution is -0.143. The van der Waals surface area contributed by atoms with Crippen LogP contribution in [0.4, 0.5) is 14.5 Å². The van der Waals surface area contributed by atoms with Gasteiger partial charge >= 0.3 is 0 Å². The van der Waals surface area contributed by atoms with Crippen LogP contribution in [0.3, 0.4) is 0 Å². The first-order valence-corrected chi connectivity index (χ1v) is 13.0. The van der Waals surface area contributed by atoms with Crippen LogP contribution in [0.25, 0.3) is 0 Å². The highest BCUT2D eigenvalue weighted by molar-refractivity contribution is 6.05. The molecule has 3 amide bonds. The molecule has 0 unspecified atom stereocenters. The van der Waals surface area contributed by atoms with Gasteiger partial charge in [0.25, 0.3) is 11.8 Å². The summed E-state index contributed by atoms with van der Waals surface area (Å²) in [6, 6.07) is 7.33. The average Bonchev–Trinajstić information content (AvgIpc) is 2.93. The second-order valence-electron chi connectivity index (χ2n) is 10.1. The number of fused-ring (bicyclic) bond motifs is 2. The molecule has 10 heteroatoms. The number of carbonyl (C=O) groups excluding carboxylic acids is 3.